The number of aryl methyl sites for hydroxylation is 1. The van der Waals surface area contributed by atoms with Crippen LogP contribution in [0.1, 0.15) is 5.56 Å². The fraction of sp³-hybridized carbons (Fsp3) is 0.133. The second-order valence-corrected chi connectivity index (χ2v) is 5.91. The van der Waals surface area contributed by atoms with Crippen LogP contribution < -0.4 is 5.32 Å². The average molecular weight is 385 g/mol. The third-order valence-electron chi connectivity index (χ3n) is 3.59. The molecule has 4 heterocycles. The van der Waals surface area contributed by atoms with Gasteiger partial charge in [-0.15, -0.1) is 0 Å². The Morgan fingerprint density at radius 3 is 2.96 bits per heavy atom. The van der Waals surface area contributed by atoms with E-state index in [9.17, 15) is 0 Å². The summed E-state index contributed by atoms with van der Waals surface area (Å²) in [5, 5.41) is 12.7. The summed E-state index contributed by atoms with van der Waals surface area (Å²) >= 11 is 3.46. The minimum Gasteiger partial charge on any atom is -0.365 e. The van der Waals surface area contributed by atoms with E-state index in [0.29, 0.717) is 6.54 Å². The lowest BCUT2D eigenvalue weighted by Gasteiger charge is -2.08. The Morgan fingerprint density at radius 2 is 2.12 bits per heavy atom. The number of anilines is 1. The molecule has 4 aromatic heterocycles. The van der Waals surface area contributed by atoms with Gasteiger partial charge in [0.1, 0.15) is 16.7 Å². The number of pyridine rings is 1. The van der Waals surface area contributed by atoms with E-state index in [-0.39, 0.29) is 0 Å². The number of hydrogen-bond donors (Lipinski definition) is 1. The van der Waals surface area contributed by atoms with Crippen LogP contribution in [0.15, 0.2) is 47.7 Å². The van der Waals surface area contributed by atoms with Crippen molar-refractivity contribution >= 4 is 32.8 Å². The maximum atomic E-state index is 4.33. The lowest BCUT2D eigenvalue weighted by atomic mass is 10.2. The van der Waals surface area contributed by atoms with Gasteiger partial charge in [0.25, 0.3) is 0 Å². The molecule has 4 rings (SSSR count). The van der Waals surface area contributed by atoms with Crippen LogP contribution in [0.4, 0.5) is 5.82 Å². The molecule has 0 amide bonds. The van der Waals surface area contributed by atoms with E-state index < -0.39 is 0 Å². The molecule has 0 aliphatic carbocycles. The van der Waals surface area contributed by atoms with E-state index in [0.717, 1.165) is 32.8 Å². The lowest BCUT2D eigenvalue weighted by Crippen LogP contribution is -2.05. The van der Waals surface area contributed by atoms with Crippen molar-refractivity contribution in [3.63, 3.8) is 0 Å². The molecule has 0 spiro atoms. The highest BCUT2D eigenvalue weighted by atomic mass is 79.9. The Morgan fingerprint density at radius 1 is 1.21 bits per heavy atom. The fourth-order valence-corrected chi connectivity index (χ4v) is 3.06. The molecule has 0 atom stereocenters. The van der Waals surface area contributed by atoms with Crippen LogP contribution in [-0.4, -0.2) is 34.5 Å². The van der Waals surface area contributed by atoms with Gasteiger partial charge in [-0.05, 0) is 39.7 Å². The highest BCUT2D eigenvalue weighted by Crippen LogP contribution is 2.27. The quantitative estimate of drug-likeness (QED) is 0.580. The van der Waals surface area contributed by atoms with E-state index in [4.69, 9.17) is 0 Å². The summed E-state index contributed by atoms with van der Waals surface area (Å²) in [6, 6.07) is 5.80. The molecule has 0 saturated heterocycles. The molecular formula is C15H13BrN8. The summed E-state index contributed by atoms with van der Waals surface area (Å²) in [4.78, 5) is 12.9. The van der Waals surface area contributed by atoms with Gasteiger partial charge in [-0.25, -0.2) is 24.3 Å². The molecule has 0 aromatic carbocycles. The van der Waals surface area contributed by atoms with Gasteiger partial charge in [0, 0.05) is 32.2 Å². The van der Waals surface area contributed by atoms with Crippen molar-refractivity contribution in [2.75, 3.05) is 5.32 Å². The molecule has 0 saturated carbocycles. The zero-order valence-corrected chi connectivity index (χ0v) is 14.3. The highest BCUT2D eigenvalue weighted by Gasteiger charge is 2.13. The van der Waals surface area contributed by atoms with Crippen LogP contribution in [-0.2, 0) is 13.6 Å². The predicted molar refractivity (Wildman–Crippen MR) is 92.7 cm³/mol. The minimum absolute atomic E-state index is 0.601. The van der Waals surface area contributed by atoms with Crippen LogP contribution in [0.2, 0.25) is 0 Å². The second kappa shape index (κ2) is 6.00. The maximum Gasteiger partial charge on any atom is 0.164 e. The fourth-order valence-electron chi connectivity index (χ4n) is 2.46. The Kier molecular flexibility index (Phi) is 3.69. The van der Waals surface area contributed by atoms with Gasteiger partial charge < -0.3 is 5.32 Å². The summed E-state index contributed by atoms with van der Waals surface area (Å²) in [5.74, 6) is 1.51. The Hall–Kier alpha value is -2.81. The molecular weight excluding hydrogens is 372 g/mol. The monoisotopic (exact) mass is 384 g/mol. The third kappa shape index (κ3) is 2.62. The first-order valence-corrected chi connectivity index (χ1v) is 8.03. The molecule has 0 bridgehead atoms. The first kappa shape index (κ1) is 14.8. The van der Waals surface area contributed by atoms with Crippen molar-refractivity contribution < 1.29 is 0 Å². The summed E-state index contributed by atoms with van der Waals surface area (Å²) in [7, 11) is 1.85. The molecule has 4 aromatic rings. The average Bonchev–Trinajstić information content (AvgIpc) is 3.23. The summed E-state index contributed by atoms with van der Waals surface area (Å²) < 4.78 is 4.16. The molecule has 8 nitrogen and oxygen atoms in total. The van der Waals surface area contributed by atoms with Crippen LogP contribution in [0.25, 0.3) is 16.9 Å². The van der Waals surface area contributed by atoms with E-state index in [1.807, 2.05) is 31.4 Å². The Bertz CT molecular complexity index is 992. The summed E-state index contributed by atoms with van der Waals surface area (Å²) in [5.41, 5.74) is 1.84. The first-order valence-electron chi connectivity index (χ1n) is 7.24. The summed E-state index contributed by atoms with van der Waals surface area (Å²) in [6.07, 6.45) is 6.88. The van der Waals surface area contributed by atoms with E-state index in [1.165, 1.54) is 6.33 Å². The first-order chi connectivity index (χ1) is 11.7. The Labute approximate surface area is 145 Å². The number of rotatable bonds is 4. The van der Waals surface area contributed by atoms with Gasteiger partial charge in [0.05, 0.1) is 5.39 Å². The SMILES string of the molecule is Cn1nc(Br)c2c(NCc3ccnc(-n4cccn4)c3)ncnc21. The van der Waals surface area contributed by atoms with Gasteiger partial charge >= 0.3 is 0 Å². The zero-order chi connectivity index (χ0) is 16.5. The van der Waals surface area contributed by atoms with Crippen LogP contribution >= 0.6 is 15.9 Å². The third-order valence-corrected chi connectivity index (χ3v) is 4.14. The molecule has 0 aliphatic heterocycles. The normalized spacial score (nSPS) is 11.1. The number of nitrogens with one attached hydrogen (secondary N) is 1. The van der Waals surface area contributed by atoms with Gasteiger partial charge in [-0.3, -0.25) is 0 Å². The largest absolute Gasteiger partial charge is 0.365 e. The summed E-state index contributed by atoms with van der Waals surface area (Å²) in [6.45, 7) is 0.601. The molecule has 1 N–H and O–H groups in total. The number of hydrogen-bond acceptors (Lipinski definition) is 6. The van der Waals surface area contributed by atoms with Crippen molar-refractivity contribution in [1.29, 1.82) is 0 Å². The van der Waals surface area contributed by atoms with Gasteiger partial charge in [-0.2, -0.15) is 10.2 Å². The second-order valence-electron chi connectivity index (χ2n) is 5.16. The molecule has 0 unspecified atom stereocenters. The number of aromatic nitrogens is 7. The van der Waals surface area contributed by atoms with E-state index in [1.54, 1.807) is 21.8 Å². The topological polar surface area (TPSA) is 86.3 Å². The van der Waals surface area contributed by atoms with Crippen LogP contribution in [0.3, 0.4) is 0 Å². The number of halogens is 1. The highest BCUT2D eigenvalue weighted by molar-refractivity contribution is 9.10. The molecule has 0 radical (unpaired) electrons. The smallest absolute Gasteiger partial charge is 0.164 e. The predicted octanol–water partition coefficient (Wildman–Crippen LogP) is 2.32. The van der Waals surface area contributed by atoms with Crippen molar-refractivity contribution in [3.05, 3.63) is 53.3 Å². The molecule has 24 heavy (non-hydrogen) atoms. The molecule has 0 aliphatic rings. The standard InChI is InChI=1S/C15H13BrN8/c1-23-15-12(13(16)22-23)14(19-9-20-15)18-8-10-3-5-17-11(7-10)24-6-2-4-21-24/h2-7,9H,8H2,1H3,(H,18,19,20). The maximum absolute atomic E-state index is 4.33. The van der Waals surface area contributed by atoms with Crippen molar-refractivity contribution in [1.82, 2.24) is 34.5 Å². The van der Waals surface area contributed by atoms with Crippen molar-refractivity contribution in [2.24, 2.45) is 7.05 Å². The van der Waals surface area contributed by atoms with Crippen molar-refractivity contribution in [2.45, 2.75) is 6.54 Å². The van der Waals surface area contributed by atoms with E-state index >= 15 is 0 Å². The van der Waals surface area contributed by atoms with E-state index in [2.05, 4.69) is 46.4 Å². The molecule has 9 heteroatoms. The van der Waals surface area contributed by atoms with Crippen LogP contribution in [0, 0.1) is 0 Å². The lowest BCUT2D eigenvalue weighted by molar-refractivity contribution is 0.777. The zero-order valence-electron chi connectivity index (χ0n) is 12.8. The van der Waals surface area contributed by atoms with Crippen molar-refractivity contribution in [3.8, 4) is 5.82 Å². The minimum atomic E-state index is 0.601. The number of nitrogens with zero attached hydrogens (tertiary/aromatic N) is 7. The Balaban J connectivity index is 1.61. The molecule has 0 fully saturated rings. The van der Waals surface area contributed by atoms with Crippen LogP contribution in [0.5, 0.6) is 0 Å². The molecule has 120 valence electrons. The van der Waals surface area contributed by atoms with Gasteiger partial charge in [0.15, 0.2) is 11.5 Å². The van der Waals surface area contributed by atoms with Gasteiger partial charge in [-0.1, -0.05) is 0 Å². The van der Waals surface area contributed by atoms with Gasteiger partial charge in [0.2, 0.25) is 0 Å². The number of fused-ring (bicyclic) bond motifs is 1.